The number of para-hydroxylation sites is 1. The zero-order chi connectivity index (χ0) is 26.0. The minimum atomic E-state index is -4.22. The molecule has 3 N–H and O–H groups in total. The Morgan fingerprint density at radius 2 is 1.65 bits per heavy atom. The highest BCUT2D eigenvalue weighted by molar-refractivity contribution is 7.89. The fourth-order valence-corrected chi connectivity index (χ4v) is 5.95. The van der Waals surface area contributed by atoms with Gasteiger partial charge in [-0.25, -0.2) is 18.6 Å². The number of nitrogens with zero attached hydrogens (tertiary/aromatic N) is 2. The number of hydrogen-bond donors (Lipinski definition) is 3. The minimum Gasteiger partial charge on any atom is -0.489 e. The first-order valence-corrected chi connectivity index (χ1v) is 13.0. The molecule has 1 amide bonds. The van der Waals surface area contributed by atoms with Crippen LogP contribution in [-0.4, -0.2) is 40.2 Å². The first-order valence-electron chi connectivity index (χ1n) is 11.5. The van der Waals surface area contributed by atoms with Gasteiger partial charge in [-0.1, -0.05) is 48.5 Å². The van der Waals surface area contributed by atoms with Gasteiger partial charge in [0.2, 0.25) is 10.0 Å². The van der Waals surface area contributed by atoms with Crippen molar-refractivity contribution in [1.29, 1.82) is 0 Å². The molecule has 10 nitrogen and oxygen atoms in total. The van der Waals surface area contributed by atoms with Crippen LogP contribution in [0, 0.1) is 0 Å². The van der Waals surface area contributed by atoms with Gasteiger partial charge in [0.25, 0.3) is 11.5 Å². The van der Waals surface area contributed by atoms with Crippen molar-refractivity contribution in [3.8, 4) is 11.4 Å². The number of nitrogens with one attached hydrogen (secondary N) is 2. The Morgan fingerprint density at radius 3 is 2.30 bits per heavy atom. The Labute approximate surface area is 212 Å². The molecule has 0 aliphatic carbocycles. The van der Waals surface area contributed by atoms with Crippen molar-refractivity contribution in [2.45, 2.75) is 24.0 Å². The van der Waals surface area contributed by atoms with Gasteiger partial charge in [0.05, 0.1) is 16.1 Å². The zero-order valence-corrected chi connectivity index (χ0v) is 20.4. The fourth-order valence-electron chi connectivity index (χ4n) is 4.39. The highest BCUT2D eigenvalue weighted by atomic mass is 32.2. The third-order valence-electron chi connectivity index (χ3n) is 6.20. The van der Waals surface area contributed by atoms with E-state index < -0.39 is 27.5 Å². The molecule has 1 aliphatic rings. The van der Waals surface area contributed by atoms with E-state index in [2.05, 4.69) is 5.10 Å². The maximum absolute atomic E-state index is 13.6. The lowest BCUT2D eigenvalue weighted by Gasteiger charge is -2.32. The maximum Gasteiger partial charge on any atom is 0.276 e. The molecule has 2 heterocycles. The van der Waals surface area contributed by atoms with Gasteiger partial charge in [-0.3, -0.25) is 19.9 Å². The van der Waals surface area contributed by atoms with E-state index in [9.17, 15) is 23.2 Å². The van der Waals surface area contributed by atoms with Gasteiger partial charge in [0, 0.05) is 18.7 Å². The molecule has 0 radical (unpaired) electrons. The largest absolute Gasteiger partial charge is 0.489 e. The van der Waals surface area contributed by atoms with Crippen LogP contribution >= 0.6 is 0 Å². The Balaban J connectivity index is 1.45. The Kier molecular flexibility index (Phi) is 6.66. The maximum atomic E-state index is 13.6. The first kappa shape index (κ1) is 24.5. The lowest BCUT2D eigenvalue weighted by atomic mass is 10.0. The standard InChI is InChI=1S/C26H24N4O6S/c31-25(28-33)24-23-22(27-30(26(23)32)19-9-5-2-6-10-19)15-16-29(24)37(34,35)21-13-11-20(12-14-21)36-17-18-7-3-1-4-8-18/h1-14,24,27,33H,15-17H2,(H,28,31). The summed E-state index contributed by atoms with van der Waals surface area (Å²) >= 11 is 0. The summed E-state index contributed by atoms with van der Waals surface area (Å²) in [6, 6.07) is 22.5. The number of fused-ring (bicyclic) bond motifs is 1. The van der Waals surface area contributed by atoms with E-state index in [4.69, 9.17) is 4.74 Å². The molecule has 3 aromatic carbocycles. The summed E-state index contributed by atoms with van der Waals surface area (Å²) < 4.78 is 35.2. The van der Waals surface area contributed by atoms with Crippen molar-refractivity contribution in [2.75, 3.05) is 6.54 Å². The number of hydroxylamine groups is 1. The van der Waals surface area contributed by atoms with E-state index in [0.29, 0.717) is 23.7 Å². The normalized spacial score (nSPS) is 15.6. The summed E-state index contributed by atoms with van der Waals surface area (Å²) in [7, 11) is -4.22. The number of aromatic amines is 1. The van der Waals surface area contributed by atoms with Crippen molar-refractivity contribution in [3.63, 3.8) is 0 Å². The smallest absolute Gasteiger partial charge is 0.276 e. The number of H-pyrrole nitrogens is 1. The monoisotopic (exact) mass is 520 g/mol. The number of rotatable bonds is 7. The van der Waals surface area contributed by atoms with Gasteiger partial charge < -0.3 is 4.74 Å². The van der Waals surface area contributed by atoms with E-state index in [1.54, 1.807) is 30.3 Å². The molecule has 1 unspecified atom stereocenters. The van der Waals surface area contributed by atoms with Crippen LogP contribution in [-0.2, 0) is 27.8 Å². The predicted octanol–water partition coefficient (Wildman–Crippen LogP) is 2.54. The minimum absolute atomic E-state index is 0.0342. The second-order valence-corrected chi connectivity index (χ2v) is 10.4. The molecule has 0 spiro atoms. The average Bonchev–Trinajstić information content (AvgIpc) is 3.28. The lowest BCUT2D eigenvalue weighted by molar-refractivity contribution is -0.133. The molecule has 0 bridgehead atoms. The van der Waals surface area contributed by atoms with Gasteiger partial charge in [-0.05, 0) is 42.0 Å². The van der Waals surface area contributed by atoms with E-state index >= 15 is 0 Å². The Hall–Kier alpha value is -4.19. The third kappa shape index (κ3) is 4.67. The second kappa shape index (κ2) is 10.1. The number of amides is 1. The first-order chi connectivity index (χ1) is 17.9. The summed E-state index contributed by atoms with van der Waals surface area (Å²) in [4.78, 5) is 26.0. The van der Waals surface area contributed by atoms with E-state index in [-0.39, 0.29) is 23.4 Å². The lowest BCUT2D eigenvalue weighted by Crippen LogP contribution is -2.48. The van der Waals surface area contributed by atoms with Crippen molar-refractivity contribution in [2.24, 2.45) is 0 Å². The molecule has 5 rings (SSSR count). The number of aromatic nitrogens is 2. The zero-order valence-electron chi connectivity index (χ0n) is 19.6. The molecule has 11 heteroatoms. The van der Waals surface area contributed by atoms with Gasteiger partial charge >= 0.3 is 0 Å². The summed E-state index contributed by atoms with van der Waals surface area (Å²) in [6.45, 7) is 0.246. The second-order valence-electron chi connectivity index (χ2n) is 8.47. The average molecular weight is 521 g/mol. The summed E-state index contributed by atoms with van der Waals surface area (Å²) in [6.07, 6.45) is 0.178. The Morgan fingerprint density at radius 1 is 1.00 bits per heavy atom. The van der Waals surface area contributed by atoms with Crippen molar-refractivity contribution in [1.82, 2.24) is 19.6 Å². The van der Waals surface area contributed by atoms with Crippen LogP contribution in [0.5, 0.6) is 5.75 Å². The van der Waals surface area contributed by atoms with Crippen LogP contribution in [0.25, 0.3) is 5.69 Å². The highest BCUT2D eigenvalue weighted by Gasteiger charge is 2.43. The van der Waals surface area contributed by atoms with Gasteiger partial charge in [-0.15, -0.1) is 0 Å². The van der Waals surface area contributed by atoms with Crippen molar-refractivity contribution < 1.29 is 23.2 Å². The van der Waals surface area contributed by atoms with E-state index in [1.807, 2.05) is 30.3 Å². The van der Waals surface area contributed by atoms with Crippen LogP contribution in [0.1, 0.15) is 22.9 Å². The summed E-state index contributed by atoms with van der Waals surface area (Å²) in [5, 5.41) is 12.4. The molecule has 4 aromatic rings. The van der Waals surface area contributed by atoms with Crippen molar-refractivity contribution >= 4 is 15.9 Å². The van der Waals surface area contributed by atoms with Crippen LogP contribution in [0.3, 0.4) is 0 Å². The molecule has 190 valence electrons. The fraction of sp³-hybridized carbons (Fsp3) is 0.154. The van der Waals surface area contributed by atoms with Crippen LogP contribution in [0.4, 0.5) is 0 Å². The number of benzene rings is 3. The molecular formula is C26H24N4O6S. The number of carbonyl (C=O) groups excluding carboxylic acids is 1. The SMILES string of the molecule is O=C(NO)C1c2c([nH]n(-c3ccccc3)c2=O)CCN1S(=O)(=O)c1ccc(OCc2ccccc2)cc1. The van der Waals surface area contributed by atoms with Crippen LogP contribution in [0.2, 0.25) is 0 Å². The molecular weight excluding hydrogens is 496 g/mol. The quantitative estimate of drug-likeness (QED) is 0.253. The van der Waals surface area contributed by atoms with Crippen LogP contribution < -0.4 is 15.8 Å². The Bertz CT molecular complexity index is 1570. The molecule has 0 saturated carbocycles. The van der Waals surface area contributed by atoms with Gasteiger partial charge in [0.15, 0.2) is 0 Å². The summed E-state index contributed by atoms with van der Waals surface area (Å²) in [5.74, 6) is -0.548. The molecule has 0 saturated heterocycles. The molecule has 1 aromatic heterocycles. The predicted molar refractivity (Wildman–Crippen MR) is 134 cm³/mol. The number of hydrogen-bond acceptors (Lipinski definition) is 6. The third-order valence-corrected chi connectivity index (χ3v) is 8.08. The van der Waals surface area contributed by atoms with Gasteiger partial charge in [-0.2, -0.15) is 4.31 Å². The number of sulfonamides is 1. The topological polar surface area (TPSA) is 134 Å². The molecule has 37 heavy (non-hydrogen) atoms. The molecule has 1 aliphatic heterocycles. The number of carbonyl (C=O) groups is 1. The van der Waals surface area contributed by atoms with E-state index in [1.165, 1.54) is 34.4 Å². The molecule has 1 atom stereocenters. The van der Waals surface area contributed by atoms with Crippen molar-refractivity contribution in [3.05, 3.63) is 112 Å². The van der Waals surface area contributed by atoms with Gasteiger partial charge in [0.1, 0.15) is 18.4 Å². The van der Waals surface area contributed by atoms with Crippen LogP contribution in [0.15, 0.2) is 94.6 Å². The highest BCUT2D eigenvalue weighted by Crippen LogP contribution is 2.33. The molecule has 0 fully saturated rings. The van der Waals surface area contributed by atoms with E-state index in [0.717, 1.165) is 9.87 Å². The summed E-state index contributed by atoms with van der Waals surface area (Å²) in [5.41, 5.74) is 2.84. The number of ether oxygens (including phenoxy) is 1.